The number of carbonyl (C=O) groups excluding carboxylic acids is 1. The molecule has 0 bridgehead atoms. The van der Waals surface area contributed by atoms with Crippen LogP contribution in [0, 0.1) is 0 Å². The van der Waals surface area contributed by atoms with E-state index < -0.39 is 6.09 Å². The molecule has 27 heavy (non-hydrogen) atoms. The van der Waals surface area contributed by atoms with Gasteiger partial charge >= 0.3 is 6.09 Å². The third kappa shape index (κ3) is 4.24. The van der Waals surface area contributed by atoms with E-state index in [4.69, 9.17) is 10.8 Å². The Balaban J connectivity index is 1.94. The molecule has 0 fully saturated rings. The van der Waals surface area contributed by atoms with Gasteiger partial charge in [-0.05, 0) is 42.0 Å². The summed E-state index contributed by atoms with van der Waals surface area (Å²) in [5.74, 6) is -0.225. The molecule has 0 aliphatic rings. The average Bonchev–Trinajstić information content (AvgIpc) is 2.69. The van der Waals surface area contributed by atoms with Crippen LogP contribution in [0.2, 0.25) is 0 Å². The maximum Gasteiger partial charge on any atom is 0.404 e. The SMILES string of the molecule is Nc1ccccc1N(C(=O)c1ccc(CNC(=O)O)cc1)c1ccccc1. The number of hydrogen-bond donors (Lipinski definition) is 3. The molecule has 0 radical (unpaired) electrons. The van der Waals surface area contributed by atoms with Crippen LogP contribution in [0.3, 0.4) is 0 Å². The second-order valence-electron chi connectivity index (χ2n) is 5.89. The molecule has 3 aromatic carbocycles. The van der Waals surface area contributed by atoms with Gasteiger partial charge in [0.25, 0.3) is 5.91 Å². The minimum Gasteiger partial charge on any atom is -0.465 e. The second-order valence-corrected chi connectivity index (χ2v) is 5.89. The molecular weight excluding hydrogens is 342 g/mol. The zero-order valence-electron chi connectivity index (χ0n) is 14.5. The van der Waals surface area contributed by atoms with Gasteiger partial charge in [0.15, 0.2) is 0 Å². The van der Waals surface area contributed by atoms with Crippen LogP contribution >= 0.6 is 0 Å². The maximum absolute atomic E-state index is 13.2. The summed E-state index contributed by atoms with van der Waals surface area (Å²) >= 11 is 0. The Hall–Kier alpha value is -3.80. The molecular formula is C21H19N3O3. The van der Waals surface area contributed by atoms with Crippen LogP contribution in [0.25, 0.3) is 0 Å². The molecule has 3 aromatic rings. The molecule has 0 atom stereocenters. The number of carboxylic acid groups (broad SMARTS) is 1. The summed E-state index contributed by atoms with van der Waals surface area (Å²) in [5.41, 5.74) is 9.15. The third-order valence-electron chi connectivity index (χ3n) is 4.04. The monoisotopic (exact) mass is 361 g/mol. The van der Waals surface area contributed by atoms with Crippen molar-refractivity contribution in [2.75, 3.05) is 10.6 Å². The number of rotatable bonds is 5. The average molecular weight is 361 g/mol. The van der Waals surface area contributed by atoms with Gasteiger partial charge in [0, 0.05) is 17.8 Å². The van der Waals surface area contributed by atoms with Crippen LogP contribution in [0.5, 0.6) is 0 Å². The first-order valence-corrected chi connectivity index (χ1v) is 8.36. The van der Waals surface area contributed by atoms with Gasteiger partial charge in [-0.15, -0.1) is 0 Å². The van der Waals surface area contributed by atoms with E-state index in [9.17, 15) is 9.59 Å². The number of anilines is 3. The molecule has 6 nitrogen and oxygen atoms in total. The predicted octanol–water partition coefficient (Wildman–Crippen LogP) is 4.01. The van der Waals surface area contributed by atoms with Gasteiger partial charge in [0.1, 0.15) is 0 Å². The highest BCUT2D eigenvalue weighted by atomic mass is 16.4. The van der Waals surface area contributed by atoms with Crippen LogP contribution in [-0.2, 0) is 6.54 Å². The molecule has 0 unspecified atom stereocenters. The summed E-state index contributed by atoms with van der Waals surface area (Å²) in [6, 6.07) is 23.3. The van der Waals surface area contributed by atoms with E-state index in [1.165, 1.54) is 0 Å². The zero-order valence-corrected chi connectivity index (χ0v) is 14.5. The van der Waals surface area contributed by atoms with Gasteiger partial charge in [-0.2, -0.15) is 0 Å². The van der Waals surface area contributed by atoms with E-state index in [0.717, 1.165) is 5.56 Å². The highest BCUT2D eigenvalue weighted by Crippen LogP contribution is 2.31. The predicted molar refractivity (Wildman–Crippen MR) is 105 cm³/mol. The molecule has 0 saturated heterocycles. The summed E-state index contributed by atoms with van der Waals surface area (Å²) in [5, 5.41) is 11.0. The van der Waals surface area contributed by atoms with Gasteiger partial charge in [0.05, 0.1) is 11.4 Å². The van der Waals surface area contributed by atoms with E-state index in [1.807, 2.05) is 42.5 Å². The quantitative estimate of drug-likeness (QED) is 0.598. The number of nitrogen functional groups attached to an aromatic ring is 1. The van der Waals surface area contributed by atoms with Crippen LogP contribution < -0.4 is 16.0 Å². The number of hydrogen-bond acceptors (Lipinski definition) is 3. The van der Waals surface area contributed by atoms with Crippen LogP contribution in [0.4, 0.5) is 21.9 Å². The van der Waals surface area contributed by atoms with Gasteiger partial charge < -0.3 is 16.2 Å². The number of carbonyl (C=O) groups is 2. The van der Waals surface area contributed by atoms with Crippen molar-refractivity contribution >= 4 is 29.1 Å². The number of benzene rings is 3. The molecule has 4 N–H and O–H groups in total. The lowest BCUT2D eigenvalue weighted by atomic mass is 10.1. The summed E-state index contributed by atoms with van der Waals surface area (Å²) < 4.78 is 0. The molecule has 3 rings (SSSR count). The highest BCUT2D eigenvalue weighted by molar-refractivity contribution is 6.12. The highest BCUT2D eigenvalue weighted by Gasteiger charge is 2.21. The number of amides is 2. The Morgan fingerprint density at radius 3 is 2.15 bits per heavy atom. The summed E-state index contributed by atoms with van der Waals surface area (Å²) in [6.07, 6.45) is -1.09. The van der Waals surface area contributed by atoms with Gasteiger partial charge in [-0.3, -0.25) is 9.69 Å². The Bertz CT molecular complexity index is 940. The van der Waals surface area contributed by atoms with E-state index in [1.54, 1.807) is 41.3 Å². The Morgan fingerprint density at radius 2 is 1.52 bits per heavy atom. The molecule has 136 valence electrons. The Kier molecular flexibility index (Phi) is 5.37. The standard InChI is InChI=1S/C21H19N3O3/c22-18-8-4-5-9-19(18)24(17-6-2-1-3-7-17)20(25)16-12-10-15(11-13-16)14-23-21(26)27/h1-13,23H,14,22H2,(H,26,27). The summed E-state index contributed by atoms with van der Waals surface area (Å²) in [7, 11) is 0. The fraction of sp³-hybridized carbons (Fsp3) is 0.0476. The van der Waals surface area contributed by atoms with Crippen LogP contribution in [-0.4, -0.2) is 17.1 Å². The van der Waals surface area contributed by atoms with Crippen LogP contribution in [0.15, 0.2) is 78.9 Å². The smallest absolute Gasteiger partial charge is 0.404 e. The molecule has 0 spiro atoms. The van der Waals surface area contributed by atoms with Crippen molar-refractivity contribution in [3.8, 4) is 0 Å². The largest absolute Gasteiger partial charge is 0.465 e. The van der Waals surface area contributed by atoms with Crippen molar-refractivity contribution in [2.24, 2.45) is 0 Å². The lowest BCUT2D eigenvalue weighted by Gasteiger charge is -2.24. The molecule has 0 aromatic heterocycles. The van der Waals surface area contributed by atoms with Crippen LogP contribution in [0.1, 0.15) is 15.9 Å². The van der Waals surface area contributed by atoms with E-state index in [2.05, 4.69) is 5.32 Å². The molecule has 2 amide bonds. The number of nitrogens with zero attached hydrogens (tertiary/aromatic N) is 1. The van der Waals surface area contributed by atoms with E-state index in [0.29, 0.717) is 22.6 Å². The summed E-state index contributed by atoms with van der Waals surface area (Å²) in [4.78, 5) is 25.4. The first-order chi connectivity index (χ1) is 13.1. The van der Waals surface area contributed by atoms with Crippen molar-refractivity contribution in [1.29, 1.82) is 0 Å². The first-order valence-electron chi connectivity index (χ1n) is 8.36. The fourth-order valence-corrected chi connectivity index (χ4v) is 2.71. The second kappa shape index (κ2) is 8.05. The van der Waals surface area contributed by atoms with Crippen molar-refractivity contribution in [3.05, 3.63) is 90.0 Å². The molecule has 0 aliphatic heterocycles. The lowest BCUT2D eigenvalue weighted by Crippen LogP contribution is -2.26. The summed E-state index contributed by atoms with van der Waals surface area (Å²) in [6.45, 7) is 0.178. The van der Waals surface area contributed by atoms with E-state index in [-0.39, 0.29) is 12.5 Å². The van der Waals surface area contributed by atoms with Gasteiger partial charge in [-0.1, -0.05) is 42.5 Å². The lowest BCUT2D eigenvalue weighted by molar-refractivity contribution is 0.0999. The van der Waals surface area contributed by atoms with Gasteiger partial charge in [-0.25, -0.2) is 4.79 Å². The topological polar surface area (TPSA) is 95.7 Å². The zero-order chi connectivity index (χ0) is 19.2. The van der Waals surface area contributed by atoms with E-state index >= 15 is 0 Å². The third-order valence-corrected chi connectivity index (χ3v) is 4.04. The number of nitrogens with two attached hydrogens (primary N) is 1. The molecule has 0 aliphatic carbocycles. The number of nitrogens with one attached hydrogen (secondary N) is 1. The van der Waals surface area contributed by atoms with Crippen molar-refractivity contribution in [3.63, 3.8) is 0 Å². The minimum absolute atomic E-state index is 0.178. The van der Waals surface area contributed by atoms with Crippen molar-refractivity contribution in [2.45, 2.75) is 6.54 Å². The molecule has 6 heteroatoms. The van der Waals surface area contributed by atoms with Crippen molar-refractivity contribution in [1.82, 2.24) is 5.32 Å². The minimum atomic E-state index is -1.09. The maximum atomic E-state index is 13.2. The Labute approximate surface area is 156 Å². The molecule has 0 saturated carbocycles. The number of para-hydroxylation sites is 3. The Morgan fingerprint density at radius 1 is 0.889 bits per heavy atom. The fourth-order valence-electron chi connectivity index (χ4n) is 2.71. The normalized spacial score (nSPS) is 10.2. The molecule has 0 heterocycles. The van der Waals surface area contributed by atoms with Crippen molar-refractivity contribution < 1.29 is 14.7 Å². The first kappa shape index (κ1) is 18.0. The van der Waals surface area contributed by atoms with Gasteiger partial charge in [0.2, 0.25) is 0 Å².